The molecule has 2 aromatic rings. The van der Waals surface area contributed by atoms with Gasteiger partial charge in [0, 0.05) is 45.2 Å². The van der Waals surface area contributed by atoms with E-state index in [2.05, 4.69) is 28.9 Å². The third kappa shape index (κ3) is 3.17. The molecule has 0 N–H and O–H groups in total. The molecule has 2 aromatic heterocycles. The first-order valence-corrected chi connectivity index (χ1v) is 8.95. The van der Waals surface area contributed by atoms with E-state index in [9.17, 15) is 8.42 Å². The van der Waals surface area contributed by atoms with Gasteiger partial charge in [-0.15, -0.1) is 10.2 Å². The normalized spacial score (nSPS) is 17.9. The zero-order valence-corrected chi connectivity index (χ0v) is 14.2. The second kappa shape index (κ2) is 6.06. The number of rotatable bonds is 4. The van der Waals surface area contributed by atoms with Crippen LogP contribution in [-0.4, -0.2) is 60.0 Å². The van der Waals surface area contributed by atoms with E-state index in [0.29, 0.717) is 43.7 Å². The fourth-order valence-electron chi connectivity index (χ4n) is 2.56. The number of sulfonamides is 1. The Hall–Kier alpha value is -1.71. The molecule has 9 heteroatoms. The molecule has 3 heterocycles. The predicted octanol–water partition coefficient (Wildman–Crippen LogP) is 1.35. The van der Waals surface area contributed by atoms with Crippen LogP contribution in [0.2, 0.25) is 0 Å². The van der Waals surface area contributed by atoms with Gasteiger partial charge in [-0.1, -0.05) is 0 Å². The highest BCUT2D eigenvalue weighted by atomic mass is 32.2. The van der Waals surface area contributed by atoms with E-state index in [1.165, 1.54) is 16.6 Å². The van der Waals surface area contributed by atoms with Gasteiger partial charge in [-0.05, 0) is 13.8 Å². The van der Waals surface area contributed by atoms with Crippen molar-refractivity contribution in [3.8, 4) is 11.5 Å². The standard InChI is InChI=1S/C14H20N4O4S/c1-10(2)17-4-6-18(7-5-17)23(19,20)13-8-12(9-21-13)14-16-15-11(3)22-14/h8-10H,4-7H2,1-3H3. The molecular weight excluding hydrogens is 320 g/mol. The van der Waals surface area contributed by atoms with Crippen LogP contribution < -0.4 is 0 Å². The van der Waals surface area contributed by atoms with Gasteiger partial charge in [0.25, 0.3) is 15.9 Å². The Morgan fingerprint density at radius 1 is 1.17 bits per heavy atom. The third-order valence-corrected chi connectivity index (χ3v) is 5.71. The largest absolute Gasteiger partial charge is 0.451 e. The molecular formula is C14H20N4O4S. The quantitative estimate of drug-likeness (QED) is 0.829. The Kier molecular flexibility index (Phi) is 4.26. The van der Waals surface area contributed by atoms with Crippen molar-refractivity contribution in [1.82, 2.24) is 19.4 Å². The lowest BCUT2D eigenvalue weighted by atomic mass is 10.3. The number of piperazine rings is 1. The van der Waals surface area contributed by atoms with Crippen LogP contribution in [-0.2, 0) is 10.0 Å². The molecule has 1 aliphatic rings. The summed E-state index contributed by atoms with van der Waals surface area (Å²) in [5, 5.41) is 7.49. The summed E-state index contributed by atoms with van der Waals surface area (Å²) in [5.41, 5.74) is 0.463. The lowest BCUT2D eigenvalue weighted by Gasteiger charge is -2.35. The highest BCUT2D eigenvalue weighted by molar-refractivity contribution is 7.89. The van der Waals surface area contributed by atoms with E-state index in [0.717, 1.165) is 0 Å². The van der Waals surface area contributed by atoms with Crippen molar-refractivity contribution >= 4 is 10.0 Å². The van der Waals surface area contributed by atoms with Crippen molar-refractivity contribution in [2.45, 2.75) is 31.9 Å². The molecule has 0 amide bonds. The highest BCUT2D eigenvalue weighted by Crippen LogP contribution is 2.26. The lowest BCUT2D eigenvalue weighted by Crippen LogP contribution is -2.50. The summed E-state index contributed by atoms with van der Waals surface area (Å²) in [6.45, 7) is 8.22. The monoisotopic (exact) mass is 340 g/mol. The van der Waals surface area contributed by atoms with Crippen molar-refractivity contribution in [2.75, 3.05) is 26.2 Å². The van der Waals surface area contributed by atoms with Gasteiger partial charge < -0.3 is 8.83 Å². The summed E-state index contributed by atoms with van der Waals surface area (Å²) in [5.74, 6) is 0.660. The Bertz CT molecular complexity index is 772. The Labute approximate surface area is 135 Å². The molecule has 1 aliphatic heterocycles. The Morgan fingerprint density at radius 3 is 2.43 bits per heavy atom. The second-order valence-corrected chi connectivity index (χ2v) is 7.68. The molecule has 0 bridgehead atoms. The van der Waals surface area contributed by atoms with Crippen molar-refractivity contribution in [3.05, 3.63) is 18.2 Å². The maximum Gasteiger partial charge on any atom is 0.276 e. The second-order valence-electron chi connectivity index (χ2n) is 5.81. The third-order valence-electron chi connectivity index (χ3n) is 3.95. The first-order valence-electron chi connectivity index (χ1n) is 7.51. The number of hydrogen-bond donors (Lipinski definition) is 0. The van der Waals surface area contributed by atoms with Crippen LogP contribution in [0, 0.1) is 6.92 Å². The molecule has 126 valence electrons. The average Bonchev–Trinajstić information content (AvgIpc) is 3.16. The SMILES string of the molecule is Cc1nnc(-c2coc(S(=O)(=O)N3CCN(C(C)C)CC3)c2)o1. The minimum Gasteiger partial charge on any atom is -0.451 e. The molecule has 0 radical (unpaired) electrons. The first-order chi connectivity index (χ1) is 10.9. The van der Waals surface area contributed by atoms with Crippen LogP contribution in [0.5, 0.6) is 0 Å². The number of hydrogen-bond acceptors (Lipinski definition) is 7. The summed E-state index contributed by atoms with van der Waals surface area (Å²) in [6, 6.07) is 1.84. The molecule has 0 unspecified atom stereocenters. The van der Waals surface area contributed by atoms with E-state index in [-0.39, 0.29) is 11.0 Å². The molecule has 0 spiro atoms. The van der Waals surface area contributed by atoms with E-state index >= 15 is 0 Å². The van der Waals surface area contributed by atoms with Gasteiger partial charge in [-0.25, -0.2) is 8.42 Å². The van der Waals surface area contributed by atoms with Gasteiger partial charge in [-0.3, -0.25) is 4.90 Å². The number of aryl methyl sites for hydroxylation is 1. The average molecular weight is 340 g/mol. The zero-order valence-electron chi connectivity index (χ0n) is 13.4. The topological polar surface area (TPSA) is 92.7 Å². The molecule has 1 fully saturated rings. The summed E-state index contributed by atoms with van der Waals surface area (Å²) in [4.78, 5) is 2.25. The smallest absolute Gasteiger partial charge is 0.276 e. The van der Waals surface area contributed by atoms with Crippen LogP contribution in [0.4, 0.5) is 0 Å². The highest BCUT2D eigenvalue weighted by Gasteiger charge is 2.32. The molecule has 1 saturated heterocycles. The Morgan fingerprint density at radius 2 is 1.87 bits per heavy atom. The molecule has 8 nitrogen and oxygen atoms in total. The molecule has 0 aromatic carbocycles. The fraction of sp³-hybridized carbons (Fsp3) is 0.571. The molecule has 0 atom stereocenters. The van der Waals surface area contributed by atoms with Crippen LogP contribution in [0.25, 0.3) is 11.5 Å². The van der Waals surface area contributed by atoms with Crippen molar-refractivity contribution in [2.24, 2.45) is 0 Å². The summed E-state index contributed by atoms with van der Waals surface area (Å²) in [6.07, 6.45) is 1.32. The number of furan rings is 1. The minimum atomic E-state index is -3.64. The summed E-state index contributed by atoms with van der Waals surface area (Å²) in [7, 11) is -3.64. The maximum atomic E-state index is 12.7. The molecule has 3 rings (SSSR count). The van der Waals surface area contributed by atoms with E-state index in [4.69, 9.17) is 8.83 Å². The number of aromatic nitrogens is 2. The molecule has 0 saturated carbocycles. The zero-order chi connectivity index (χ0) is 16.6. The summed E-state index contributed by atoms with van der Waals surface area (Å²) < 4.78 is 37.3. The van der Waals surface area contributed by atoms with Crippen LogP contribution in [0.15, 0.2) is 26.3 Å². The fourth-order valence-corrected chi connectivity index (χ4v) is 3.91. The van der Waals surface area contributed by atoms with Gasteiger partial charge >= 0.3 is 0 Å². The van der Waals surface area contributed by atoms with Gasteiger partial charge in [0.05, 0.1) is 5.56 Å². The molecule has 0 aliphatic carbocycles. The Balaban J connectivity index is 1.77. The summed E-state index contributed by atoms with van der Waals surface area (Å²) >= 11 is 0. The first kappa shape index (κ1) is 16.2. The van der Waals surface area contributed by atoms with Crippen molar-refractivity contribution in [1.29, 1.82) is 0 Å². The molecule has 23 heavy (non-hydrogen) atoms. The van der Waals surface area contributed by atoms with Gasteiger partial charge in [0.1, 0.15) is 6.26 Å². The van der Waals surface area contributed by atoms with Crippen molar-refractivity contribution in [3.63, 3.8) is 0 Å². The lowest BCUT2D eigenvalue weighted by molar-refractivity contribution is 0.153. The van der Waals surface area contributed by atoms with Crippen LogP contribution in [0.1, 0.15) is 19.7 Å². The van der Waals surface area contributed by atoms with Crippen LogP contribution >= 0.6 is 0 Å². The van der Waals surface area contributed by atoms with E-state index < -0.39 is 10.0 Å². The van der Waals surface area contributed by atoms with Gasteiger partial charge in [0.15, 0.2) is 0 Å². The van der Waals surface area contributed by atoms with Crippen LogP contribution in [0.3, 0.4) is 0 Å². The van der Waals surface area contributed by atoms with E-state index in [1.807, 2.05) is 0 Å². The maximum absolute atomic E-state index is 12.7. The number of nitrogens with zero attached hydrogens (tertiary/aromatic N) is 4. The van der Waals surface area contributed by atoms with Gasteiger partial charge in [-0.2, -0.15) is 4.31 Å². The van der Waals surface area contributed by atoms with E-state index in [1.54, 1.807) is 6.92 Å². The minimum absolute atomic E-state index is 0.0960. The van der Waals surface area contributed by atoms with Crippen molar-refractivity contribution < 1.29 is 17.3 Å². The van der Waals surface area contributed by atoms with Gasteiger partial charge in [0.2, 0.25) is 11.0 Å². The predicted molar refractivity (Wildman–Crippen MR) is 82.2 cm³/mol.